The molecule has 0 bridgehead atoms. The summed E-state index contributed by atoms with van der Waals surface area (Å²) in [6.45, 7) is 4.36. The zero-order valence-corrected chi connectivity index (χ0v) is 11.6. The highest BCUT2D eigenvalue weighted by atomic mass is 32.1. The Bertz CT molecular complexity index is 405. The fraction of sp³-hybridized carbons (Fsp3) is 0.692. The van der Waals surface area contributed by atoms with Crippen molar-refractivity contribution in [2.24, 2.45) is 5.92 Å². The minimum atomic E-state index is -0.811. The van der Waals surface area contributed by atoms with Crippen molar-refractivity contribution in [3.63, 3.8) is 0 Å². The summed E-state index contributed by atoms with van der Waals surface area (Å²) in [7, 11) is 0. The van der Waals surface area contributed by atoms with Gasteiger partial charge in [-0.15, -0.1) is 11.3 Å². The summed E-state index contributed by atoms with van der Waals surface area (Å²) in [6, 6.07) is 0. The summed E-state index contributed by atoms with van der Waals surface area (Å²) in [4.78, 5) is 17.4. The third kappa shape index (κ3) is 3.45. The molecule has 1 aromatic heterocycles. The molecule has 1 aliphatic heterocycles. The molecule has 1 saturated heterocycles. The molecule has 1 N–H and O–H groups in total. The first kappa shape index (κ1) is 13.3. The molecule has 1 fully saturated rings. The summed E-state index contributed by atoms with van der Waals surface area (Å²) in [5, 5.41) is 11.6. The summed E-state index contributed by atoms with van der Waals surface area (Å²) in [5.41, 5.74) is 0.679. The van der Waals surface area contributed by atoms with Crippen LogP contribution in [0, 0.1) is 5.92 Å². The number of rotatable bonds is 4. The van der Waals surface area contributed by atoms with E-state index < -0.39 is 5.97 Å². The average Bonchev–Trinajstić information content (AvgIpc) is 2.64. The van der Waals surface area contributed by atoms with Crippen LogP contribution >= 0.6 is 11.3 Å². The van der Waals surface area contributed by atoms with Gasteiger partial charge in [-0.3, -0.25) is 4.79 Å². The van der Waals surface area contributed by atoms with E-state index >= 15 is 0 Å². The first-order valence-corrected chi connectivity index (χ1v) is 7.48. The molecular formula is C13H20N2O2S. The second-order valence-corrected chi connectivity index (χ2v) is 5.72. The SMILES string of the molecule is CCC1CCCN(c2nc(CC(=O)O)cs2)CC1. The lowest BCUT2D eigenvalue weighted by molar-refractivity contribution is -0.136. The molecule has 5 heteroatoms. The number of anilines is 1. The lowest BCUT2D eigenvalue weighted by atomic mass is 9.98. The van der Waals surface area contributed by atoms with Gasteiger partial charge in [-0.1, -0.05) is 13.3 Å². The minimum absolute atomic E-state index is 0.0297. The number of aliphatic carboxylic acids is 1. The third-order valence-corrected chi connectivity index (χ3v) is 4.52. The second-order valence-electron chi connectivity index (χ2n) is 4.88. The second kappa shape index (κ2) is 6.18. The van der Waals surface area contributed by atoms with Crippen LogP contribution < -0.4 is 4.90 Å². The van der Waals surface area contributed by atoms with Crippen molar-refractivity contribution in [1.29, 1.82) is 0 Å². The van der Waals surface area contributed by atoms with Crippen molar-refractivity contribution in [2.75, 3.05) is 18.0 Å². The lowest BCUT2D eigenvalue weighted by Gasteiger charge is -2.19. The van der Waals surface area contributed by atoms with Crippen LogP contribution in [0.15, 0.2) is 5.38 Å². The largest absolute Gasteiger partial charge is 0.481 e. The Labute approximate surface area is 112 Å². The summed E-state index contributed by atoms with van der Waals surface area (Å²) in [6.07, 6.45) is 5.04. The van der Waals surface area contributed by atoms with E-state index in [1.165, 1.54) is 25.7 Å². The van der Waals surface area contributed by atoms with E-state index in [-0.39, 0.29) is 6.42 Å². The predicted molar refractivity (Wildman–Crippen MR) is 73.3 cm³/mol. The van der Waals surface area contributed by atoms with Gasteiger partial charge in [0.15, 0.2) is 5.13 Å². The molecule has 1 aromatic rings. The van der Waals surface area contributed by atoms with Crippen LogP contribution in [0.5, 0.6) is 0 Å². The average molecular weight is 268 g/mol. The van der Waals surface area contributed by atoms with Crippen LogP contribution in [-0.4, -0.2) is 29.1 Å². The minimum Gasteiger partial charge on any atom is -0.481 e. The third-order valence-electron chi connectivity index (χ3n) is 3.57. The van der Waals surface area contributed by atoms with E-state index in [1.807, 2.05) is 5.38 Å². The van der Waals surface area contributed by atoms with Crippen LogP contribution in [-0.2, 0) is 11.2 Å². The normalized spacial score (nSPS) is 20.7. The van der Waals surface area contributed by atoms with Crippen molar-refractivity contribution in [3.8, 4) is 0 Å². The number of hydrogen-bond donors (Lipinski definition) is 1. The van der Waals surface area contributed by atoms with Crippen LogP contribution in [0.4, 0.5) is 5.13 Å². The number of thiazole rings is 1. The maximum absolute atomic E-state index is 10.6. The number of carboxylic acid groups (broad SMARTS) is 1. The molecular weight excluding hydrogens is 248 g/mol. The molecule has 1 atom stereocenters. The number of nitrogens with zero attached hydrogens (tertiary/aromatic N) is 2. The maximum atomic E-state index is 10.6. The number of carboxylic acids is 1. The standard InChI is InChI=1S/C13H20N2O2S/c1-2-10-4-3-6-15(7-5-10)13-14-11(9-18-13)8-12(16)17/h9-10H,2-8H2,1H3,(H,16,17). The van der Waals surface area contributed by atoms with Crippen molar-refractivity contribution in [2.45, 2.75) is 39.0 Å². The summed E-state index contributed by atoms with van der Waals surface area (Å²) >= 11 is 1.57. The molecule has 2 heterocycles. The molecule has 0 radical (unpaired) electrons. The van der Waals surface area contributed by atoms with Gasteiger partial charge in [-0.25, -0.2) is 4.98 Å². The molecule has 1 aliphatic rings. The number of aromatic nitrogens is 1. The number of hydrogen-bond acceptors (Lipinski definition) is 4. The van der Waals surface area contributed by atoms with Gasteiger partial charge in [0, 0.05) is 18.5 Å². The Kier molecular flexibility index (Phi) is 4.58. The van der Waals surface area contributed by atoms with Gasteiger partial charge in [-0.05, 0) is 25.2 Å². The van der Waals surface area contributed by atoms with Crippen molar-refractivity contribution >= 4 is 22.4 Å². The molecule has 0 aromatic carbocycles. The van der Waals surface area contributed by atoms with Crippen LogP contribution in [0.2, 0.25) is 0 Å². The van der Waals surface area contributed by atoms with Crippen LogP contribution in [0.1, 0.15) is 38.3 Å². The fourth-order valence-corrected chi connectivity index (χ4v) is 3.32. The van der Waals surface area contributed by atoms with Gasteiger partial charge in [0.2, 0.25) is 0 Å². The van der Waals surface area contributed by atoms with E-state index in [0.29, 0.717) is 5.69 Å². The van der Waals surface area contributed by atoms with E-state index in [9.17, 15) is 4.79 Å². The highest BCUT2D eigenvalue weighted by Gasteiger charge is 2.18. The molecule has 2 rings (SSSR count). The molecule has 0 saturated carbocycles. The van der Waals surface area contributed by atoms with Crippen molar-refractivity contribution < 1.29 is 9.90 Å². The summed E-state index contributed by atoms with van der Waals surface area (Å²) < 4.78 is 0. The quantitative estimate of drug-likeness (QED) is 0.912. The molecule has 0 spiro atoms. The molecule has 18 heavy (non-hydrogen) atoms. The number of carbonyl (C=O) groups is 1. The van der Waals surface area contributed by atoms with E-state index in [4.69, 9.17) is 5.11 Å². The van der Waals surface area contributed by atoms with Gasteiger partial charge >= 0.3 is 5.97 Å². The van der Waals surface area contributed by atoms with E-state index in [2.05, 4.69) is 16.8 Å². The van der Waals surface area contributed by atoms with Gasteiger partial charge in [0.05, 0.1) is 12.1 Å². The predicted octanol–water partition coefficient (Wildman–Crippen LogP) is 2.79. The van der Waals surface area contributed by atoms with Gasteiger partial charge in [0.25, 0.3) is 0 Å². The van der Waals surface area contributed by atoms with Crippen molar-refractivity contribution in [1.82, 2.24) is 4.98 Å². The van der Waals surface area contributed by atoms with E-state index in [1.54, 1.807) is 11.3 Å². The van der Waals surface area contributed by atoms with Crippen LogP contribution in [0.3, 0.4) is 0 Å². The lowest BCUT2D eigenvalue weighted by Crippen LogP contribution is -2.24. The topological polar surface area (TPSA) is 53.4 Å². The molecule has 0 amide bonds. The highest BCUT2D eigenvalue weighted by Crippen LogP contribution is 2.26. The van der Waals surface area contributed by atoms with Gasteiger partial charge < -0.3 is 10.0 Å². The Hall–Kier alpha value is -1.10. The first-order chi connectivity index (χ1) is 8.69. The molecule has 4 nitrogen and oxygen atoms in total. The fourth-order valence-electron chi connectivity index (χ4n) is 2.44. The van der Waals surface area contributed by atoms with Gasteiger partial charge in [0.1, 0.15) is 0 Å². The Morgan fingerprint density at radius 1 is 1.56 bits per heavy atom. The molecule has 0 aliphatic carbocycles. The monoisotopic (exact) mass is 268 g/mol. The van der Waals surface area contributed by atoms with Crippen LogP contribution in [0.25, 0.3) is 0 Å². The molecule has 1 unspecified atom stereocenters. The Morgan fingerprint density at radius 3 is 3.11 bits per heavy atom. The summed E-state index contributed by atoms with van der Waals surface area (Å²) in [5.74, 6) is 0.0298. The van der Waals surface area contributed by atoms with Gasteiger partial charge in [-0.2, -0.15) is 0 Å². The maximum Gasteiger partial charge on any atom is 0.309 e. The van der Waals surface area contributed by atoms with Crippen molar-refractivity contribution in [3.05, 3.63) is 11.1 Å². The highest BCUT2D eigenvalue weighted by molar-refractivity contribution is 7.13. The van der Waals surface area contributed by atoms with E-state index in [0.717, 1.165) is 24.1 Å². The zero-order chi connectivity index (χ0) is 13.0. The Morgan fingerprint density at radius 2 is 2.39 bits per heavy atom. The molecule has 100 valence electrons. The Balaban J connectivity index is 1.98. The zero-order valence-electron chi connectivity index (χ0n) is 10.8. The first-order valence-electron chi connectivity index (χ1n) is 6.60. The smallest absolute Gasteiger partial charge is 0.309 e.